The highest BCUT2D eigenvalue weighted by Gasteiger charge is 2.22. The van der Waals surface area contributed by atoms with E-state index >= 15 is 0 Å². The lowest BCUT2D eigenvalue weighted by molar-refractivity contribution is -0.129. The van der Waals surface area contributed by atoms with Crippen molar-refractivity contribution < 1.29 is 9.21 Å². The number of fused-ring (bicyclic) bond motifs is 2. The Kier molecular flexibility index (Phi) is 5.28. The van der Waals surface area contributed by atoms with Gasteiger partial charge in [0, 0.05) is 18.8 Å². The lowest BCUT2D eigenvalue weighted by Crippen LogP contribution is -2.37. The van der Waals surface area contributed by atoms with Crippen molar-refractivity contribution in [3.05, 3.63) is 77.1 Å². The number of benzene rings is 1. The third-order valence-corrected chi connectivity index (χ3v) is 7.05. The van der Waals surface area contributed by atoms with E-state index in [-0.39, 0.29) is 5.91 Å². The number of rotatable bonds is 5. The van der Waals surface area contributed by atoms with Crippen molar-refractivity contribution in [2.45, 2.75) is 38.4 Å². The summed E-state index contributed by atoms with van der Waals surface area (Å²) < 4.78 is 7.68. The number of aromatic nitrogens is 3. The Labute approximate surface area is 185 Å². The van der Waals surface area contributed by atoms with Crippen LogP contribution in [0.3, 0.4) is 0 Å². The second kappa shape index (κ2) is 8.23. The smallest absolute Gasteiger partial charge is 0.233 e. The molecule has 0 spiro atoms. The Morgan fingerprint density at radius 1 is 1.13 bits per heavy atom. The lowest BCUT2D eigenvalue weighted by atomic mass is 10.00. The maximum absolute atomic E-state index is 12.9. The van der Waals surface area contributed by atoms with Gasteiger partial charge in [-0.3, -0.25) is 4.79 Å². The van der Waals surface area contributed by atoms with Gasteiger partial charge in [-0.15, -0.1) is 0 Å². The van der Waals surface area contributed by atoms with E-state index < -0.39 is 0 Å². The quantitative estimate of drug-likeness (QED) is 0.346. The van der Waals surface area contributed by atoms with Crippen LogP contribution in [0.4, 0.5) is 0 Å². The second-order valence-corrected chi connectivity index (χ2v) is 8.84. The van der Waals surface area contributed by atoms with Crippen molar-refractivity contribution in [1.29, 1.82) is 0 Å². The molecular weight excluding hydrogens is 408 g/mol. The number of hydrogen-bond acceptors (Lipinski definition) is 5. The van der Waals surface area contributed by atoms with Crippen LogP contribution in [0, 0.1) is 13.8 Å². The first-order chi connectivity index (χ1) is 15.1. The number of furan rings is 1. The molecule has 1 aliphatic rings. The first-order valence-corrected chi connectivity index (χ1v) is 11.4. The minimum atomic E-state index is 0.149. The van der Waals surface area contributed by atoms with Crippen molar-refractivity contribution in [2.24, 2.45) is 0 Å². The van der Waals surface area contributed by atoms with Gasteiger partial charge in [0.1, 0.15) is 22.8 Å². The third-order valence-electron chi connectivity index (χ3n) is 6.08. The molecule has 3 aromatic heterocycles. The molecule has 4 heterocycles. The average molecular weight is 433 g/mol. The monoisotopic (exact) mass is 432 g/mol. The minimum Gasteiger partial charge on any atom is -0.467 e. The van der Waals surface area contributed by atoms with Crippen molar-refractivity contribution in [2.75, 3.05) is 12.3 Å². The summed E-state index contributed by atoms with van der Waals surface area (Å²) in [4.78, 5) is 23.9. The Bertz CT molecular complexity index is 1250. The van der Waals surface area contributed by atoms with Crippen molar-refractivity contribution in [3.63, 3.8) is 0 Å². The van der Waals surface area contributed by atoms with Gasteiger partial charge in [0.2, 0.25) is 5.91 Å². The van der Waals surface area contributed by atoms with Gasteiger partial charge in [0.25, 0.3) is 0 Å². The molecule has 1 aliphatic heterocycles. The second-order valence-electron chi connectivity index (χ2n) is 7.88. The van der Waals surface area contributed by atoms with E-state index in [1.807, 2.05) is 23.1 Å². The van der Waals surface area contributed by atoms with E-state index in [1.165, 1.54) is 22.9 Å². The van der Waals surface area contributed by atoms with Gasteiger partial charge >= 0.3 is 0 Å². The molecule has 7 heteroatoms. The zero-order valence-electron chi connectivity index (χ0n) is 17.7. The van der Waals surface area contributed by atoms with Crippen LogP contribution < -0.4 is 0 Å². The molecule has 0 N–H and O–H groups in total. The SMILES string of the molecule is Cc1c(C)n(Cc2ccco2)c2ncnc(SCC(=O)N3CCc4ccccc4C3)c12. The van der Waals surface area contributed by atoms with Crippen molar-refractivity contribution >= 4 is 28.7 Å². The number of nitrogens with zero attached hydrogens (tertiary/aromatic N) is 4. The van der Waals surface area contributed by atoms with Gasteiger partial charge in [-0.1, -0.05) is 36.0 Å². The van der Waals surface area contributed by atoms with Crippen LogP contribution >= 0.6 is 11.8 Å². The van der Waals surface area contributed by atoms with Crippen LogP contribution in [0.2, 0.25) is 0 Å². The molecule has 6 nitrogen and oxygen atoms in total. The maximum Gasteiger partial charge on any atom is 0.233 e. The molecule has 4 aromatic rings. The zero-order valence-corrected chi connectivity index (χ0v) is 18.5. The molecule has 5 rings (SSSR count). The predicted octanol–water partition coefficient (Wildman–Crippen LogP) is 4.37. The summed E-state index contributed by atoms with van der Waals surface area (Å²) in [5, 5.41) is 1.88. The molecule has 0 saturated carbocycles. The van der Waals surface area contributed by atoms with Crippen LogP contribution in [-0.2, 0) is 24.3 Å². The molecule has 0 unspecified atom stereocenters. The lowest BCUT2D eigenvalue weighted by Gasteiger charge is -2.28. The van der Waals surface area contributed by atoms with E-state index in [2.05, 4.69) is 46.6 Å². The fourth-order valence-corrected chi connectivity index (χ4v) is 5.18. The average Bonchev–Trinajstić information content (AvgIpc) is 3.40. The summed E-state index contributed by atoms with van der Waals surface area (Å²) in [6.07, 6.45) is 4.19. The molecule has 0 saturated heterocycles. The van der Waals surface area contributed by atoms with Gasteiger partial charge < -0.3 is 13.9 Å². The standard InChI is InChI=1S/C24H24N4O2S/c1-16-17(2)28(13-20-8-5-11-30-20)23-22(16)24(26-15-25-23)31-14-21(29)27-10-9-18-6-3-4-7-19(18)12-27/h3-8,11,15H,9-10,12-14H2,1-2H3. The number of hydrogen-bond donors (Lipinski definition) is 0. The Hall–Kier alpha value is -3.06. The molecular formula is C24H24N4O2S. The van der Waals surface area contributed by atoms with E-state index in [1.54, 1.807) is 12.6 Å². The van der Waals surface area contributed by atoms with E-state index in [9.17, 15) is 4.79 Å². The molecule has 0 bridgehead atoms. The molecule has 0 aliphatic carbocycles. The summed E-state index contributed by atoms with van der Waals surface area (Å²) in [5.74, 6) is 1.40. The van der Waals surface area contributed by atoms with Crippen LogP contribution in [0.1, 0.15) is 28.1 Å². The van der Waals surface area contributed by atoms with Gasteiger partial charge in [0.05, 0.1) is 23.9 Å². The number of carbonyl (C=O) groups is 1. The largest absolute Gasteiger partial charge is 0.467 e. The molecule has 158 valence electrons. The molecule has 0 radical (unpaired) electrons. The normalized spacial score (nSPS) is 13.5. The maximum atomic E-state index is 12.9. The molecule has 0 fully saturated rings. The number of thioether (sulfide) groups is 1. The van der Waals surface area contributed by atoms with E-state index in [0.717, 1.165) is 46.0 Å². The van der Waals surface area contributed by atoms with E-state index in [4.69, 9.17) is 4.42 Å². The number of aryl methyl sites for hydroxylation is 1. The summed E-state index contributed by atoms with van der Waals surface area (Å²) in [5.41, 5.74) is 5.75. The Balaban J connectivity index is 1.36. The topological polar surface area (TPSA) is 64.2 Å². The Morgan fingerprint density at radius 3 is 2.77 bits per heavy atom. The number of carbonyl (C=O) groups excluding carboxylic acids is 1. The highest BCUT2D eigenvalue weighted by Crippen LogP contribution is 2.32. The molecule has 1 amide bonds. The van der Waals surface area contributed by atoms with Crippen LogP contribution in [0.15, 0.2) is 58.4 Å². The highest BCUT2D eigenvalue weighted by atomic mass is 32.2. The van der Waals surface area contributed by atoms with Crippen LogP contribution in [-0.4, -0.2) is 37.6 Å². The van der Waals surface area contributed by atoms with Crippen molar-refractivity contribution in [3.8, 4) is 0 Å². The van der Waals surface area contributed by atoms with Crippen molar-refractivity contribution in [1.82, 2.24) is 19.4 Å². The highest BCUT2D eigenvalue weighted by molar-refractivity contribution is 8.00. The molecule has 31 heavy (non-hydrogen) atoms. The first-order valence-electron chi connectivity index (χ1n) is 10.4. The first kappa shape index (κ1) is 19.9. The summed E-state index contributed by atoms with van der Waals surface area (Å²) in [6, 6.07) is 12.2. The predicted molar refractivity (Wildman–Crippen MR) is 121 cm³/mol. The summed E-state index contributed by atoms with van der Waals surface area (Å²) in [6.45, 7) is 6.26. The minimum absolute atomic E-state index is 0.149. The molecule has 1 aromatic carbocycles. The third kappa shape index (κ3) is 3.74. The fourth-order valence-electron chi connectivity index (χ4n) is 4.23. The van der Waals surface area contributed by atoms with Gasteiger partial charge in [0.15, 0.2) is 0 Å². The van der Waals surface area contributed by atoms with Gasteiger partial charge in [-0.25, -0.2) is 9.97 Å². The van der Waals surface area contributed by atoms with Crippen LogP contribution in [0.25, 0.3) is 11.0 Å². The Morgan fingerprint density at radius 2 is 1.97 bits per heavy atom. The summed E-state index contributed by atoms with van der Waals surface area (Å²) >= 11 is 1.50. The zero-order chi connectivity index (χ0) is 21.4. The van der Waals surface area contributed by atoms with Gasteiger partial charge in [-0.2, -0.15) is 0 Å². The molecule has 0 atom stereocenters. The summed E-state index contributed by atoms with van der Waals surface area (Å²) in [7, 11) is 0. The van der Waals surface area contributed by atoms with Crippen LogP contribution in [0.5, 0.6) is 0 Å². The fraction of sp³-hybridized carbons (Fsp3) is 0.292. The van der Waals surface area contributed by atoms with Gasteiger partial charge in [-0.05, 0) is 49.1 Å². The van der Waals surface area contributed by atoms with E-state index in [0.29, 0.717) is 18.8 Å². The number of amides is 1.